The van der Waals surface area contributed by atoms with Gasteiger partial charge in [0.25, 0.3) is 0 Å². The maximum Gasteiger partial charge on any atom is 0.337 e. The van der Waals surface area contributed by atoms with Crippen molar-refractivity contribution in [2.45, 2.75) is 38.1 Å². The molecule has 0 bridgehead atoms. The lowest BCUT2D eigenvalue weighted by Gasteiger charge is -2.16. The summed E-state index contributed by atoms with van der Waals surface area (Å²) in [7, 11) is 0. The molecule has 98 valence electrons. The van der Waals surface area contributed by atoms with Crippen LogP contribution in [0.5, 0.6) is 0 Å². The summed E-state index contributed by atoms with van der Waals surface area (Å²) in [4.78, 5) is 41.9. The molecule has 2 amide bonds. The number of hydrogen-bond acceptors (Lipinski definition) is 5. The molecule has 3 saturated heterocycles. The number of carbonyl (C=O) groups is 3. The van der Waals surface area contributed by atoms with Gasteiger partial charge >= 0.3 is 5.97 Å². The van der Waals surface area contributed by atoms with Crippen molar-refractivity contribution in [1.82, 2.24) is 9.96 Å². The lowest BCUT2D eigenvalue weighted by Crippen LogP contribution is -2.36. The highest BCUT2D eigenvalue weighted by Gasteiger charge is 2.50. The van der Waals surface area contributed by atoms with E-state index in [1.807, 2.05) is 0 Å². The predicted octanol–water partition coefficient (Wildman–Crippen LogP) is 0.0779. The number of hydrogen-bond donors (Lipinski definition) is 0. The minimum Gasteiger partial charge on any atom is -0.367 e. The van der Waals surface area contributed by atoms with Gasteiger partial charge < -0.3 is 4.84 Å². The van der Waals surface area contributed by atoms with Gasteiger partial charge in [0.15, 0.2) is 0 Å². The van der Waals surface area contributed by atoms with Gasteiger partial charge in [-0.1, -0.05) is 0 Å². The summed E-state index contributed by atoms with van der Waals surface area (Å²) in [5, 5.41) is 1.61. The number of rotatable bonds is 2. The third-order valence-corrected chi connectivity index (χ3v) is 3.94. The molecule has 0 radical (unpaired) electrons. The summed E-state index contributed by atoms with van der Waals surface area (Å²) in [5.74, 6) is -1.79. The van der Waals surface area contributed by atoms with Gasteiger partial charge in [-0.3, -0.25) is 14.5 Å². The second-order valence-corrected chi connectivity index (χ2v) is 5.13. The second kappa shape index (κ2) is 4.35. The molecule has 3 aliphatic heterocycles. The first-order valence-electron chi connectivity index (χ1n) is 6.49. The Morgan fingerprint density at radius 2 is 1.94 bits per heavy atom. The molecule has 3 aliphatic rings. The van der Waals surface area contributed by atoms with Crippen LogP contribution in [0.1, 0.15) is 32.1 Å². The third kappa shape index (κ3) is 1.80. The highest BCUT2D eigenvalue weighted by molar-refractivity contribution is 6.08. The minimum atomic E-state index is -0.778. The normalized spacial score (nSPS) is 32.1. The molecule has 0 saturated carbocycles. The zero-order chi connectivity index (χ0) is 12.7. The van der Waals surface area contributed by atoms with Gasteiger partial charge in [-0.2, -0.15) is 0 Å². The molecule has 2 unspecified atom stereocenters. The van der Waals surface area contributed by atoms with E-state index in [1.165, 1.54) is 4.90 Å². The number of fused-ring (bicyclic) bond motifs is 1. The molecule has 3 rings (SSSR count). The van der Waals surface area contributed by atoms with E-state index in [4.69, 9.17) is 4.84 Å². The first kappa shape index (κ1) is 11.6. The molecular weight excluding hydrogens is 236 g/mol. The van der Waals surface area contributed by atoms with E-state index in [-0.39, 0.29) is 17.9 Å². The van der Waals surface area contributed by atoms with E-state index in [1.54, 1.807) is 5.06 Å². The number of hydroxylamine groups is 2. The Bertz CT molecular complexity index is 403. The van der Waals surface area contributed by atoms with Gasteiger partial charge in [0, 0.05) is 25.6 Å². The Kier molecular flexibility index (Phi) is 2.81. The van der Waals surface area contributed by atoms with Crippen molar-refractivity contribution >= 4 is 17.8 Å². The molecule has 0 aromatic heterocycles. The van der Waals surface area contributed by atoms with E-state index in [0.29, 0.717) is 19.3 Å². The molecule has 18 heavy (non-hydrogen) atoms. The van der Waals surface area contributed by atoms with Crippen molar-refractivity contribution in [3.05, 3.63) is 0 Å². The summed E-state index contributed by atoms with van der Waals surface area (Å²) >= 11 is 0. The number of amides is 2. The monoisotopic (exact) mass is 252 g/mol. The topological polar surface area (TPSA) is 66.9 Å². The van der Waals surface area contributed by atoms with Gasteiger partial charge in [-0.15, -0.1) is 5.06 Å². The van der Waals surface area contributed by atoms with Crippen LogP contribution in [-0.4, -0.2) is 46.9 Å². The van der Waals surface area contributed by atoms with Crippen molar-refractivity contribution in [2.75, 3.05) is 13.1 Å². The first-order valence-corrected chi connectivity index (χ1v) is 6.49. The van der Waals surface area contributed by atoms with Crippen LogP contribution >= 0.6 is 0 Å². The Morgan fingerprint density at radius 3 is 2.61 bits per heavy atom. The number of imide groups is 1. The molecular formula is C12H16N2O4. The summed E-state index contributed by atoms with van der Waals surface area (Å²) in [6.07, 6.45) is 3.55. The van der Waals surface area contributed by atoms with E-state index in [9.17, 15) is 14.4 Å². The lowest BCUT2D eigenvalue weighted by molar-refractivity contribution is -0.190. The van der Waals surface area contributed by atoms with E-state index in [2.05, 4.69) is 0 Å². The average Bonchev–Trinajstić information content (AvgIpc) is 3.00. The number of nitrogens with zero attached hydrogens (tertiary/aromatic N) is 2. The molecule has 0 aliphatic carbocycles. The minimum absolute atomic E-state index is 0.0823. The standard InChI is InChI=1S/C12H16N2O4/c15-10-4-3-8-7-9(11(16)14(8)10)12(17)18-13-5-1-2-6-13/h8-9H,1-7H2. The zero-order valence-corrected chi connectivity index (χ0v) is 10.1. The van der Waals surface area contributed by atoms with E-state index in [0.717, 1.165) is 25.9 Å². The van der Waals surface area contributed by atoms with Crippen LogP contribution in [0, 0.1) is 5.92 Å². The molecule has 6 heteroatoms. The Morgan fingerprint density at radius 1 is 1.22 bits per heavy atom. The Hall–Kier alpha value is -1.43. The maximum atomic E-state index is 12.0. The smallest absolute Gasteiger partial charge is 0.337 e. The van der Waals surface area contributed by atoms with Crippen LogP contribution < -0.4 is 0 Å². The van der Waals surface area contributed by atoms with Gasteiger partial charge in [0.05, 0.1) is 0 Å². The fourth-order valence-electron chi connectivity index (χ4n) is 2.98. The predicted molar refractivity (Wildman–Crippen MR) is 59.9 cm³/mol. The fourth-order valence-corrected chi connectivity index (χ4v) is 2.98. The largest absolute Gasteiger partial charge is 0.367 e. The van der Waals surface area contributed by atoms with Crippen LogP contribution in [-0.2, 0) is 19.2 Å². The molecule has 3 fully saturated rings. The highest BCUT2D eigenvalue weighted by atomic mass is 16.7. The van der Waals surface area contributed by atoms with Crippen molar-refractivity contribution < 1.29 is 19.2 Å². The van der Waals surface area contributed by atoms with Crippen LogP contribution in [0.15, 0.2) is 0 Å². The van der Waals surface area contributed by atoms with Crippen molar-refractivity contribution in [2.24, 2.45) is 5.92 Å². The van der Waals surface area contributed by atoms with Crippen LogP contribution in [0.2, 0.25) is 0 Å². The average molecular weight is 252 g/mol. The van der Waals surface area contributed by atoms with Crippen LogP contribution in [0.3, 0.4) is 0 Å². The van der Waals surface area contributed by atoms with Crippen molar-refractivity contribution in [1.29, 1.82) is 0 Å². The summed E-state index contributed by atoms with van der Waals surface area (Å²) in [5.41, 5.74) is 0. The number of carbonyl (C=O) groups excluding carboxylic acids is 3. The van der Waals surface area contributed by atoms with Gasteiger partial charge in [-0.25, -0.2) is 4.79 Å². The quantitative estimate of drug-likeness (QED) is 0.514. The summed E-state index contributed by atoms with van der Waals surface area (Å²) in [6.45, 7) is 1.47. The SMILES string of the molecule is O=C(ON1CCCC1)C1CC2CCC(=O)N2C1=O. The summed E-state index contributed by atoms with van der Waals surface area (Å²) in [6, 6.07) is -0.0823. The van der Waals surface area contributed by atoms with Gasteiger partial charge in [-0.05, 0) is 25.7 Å². The van der Waals surface area contributed by atoms with E-state index < -0.39 is 11.9 Å². The molecule has 2 atom stereocenters. The molecule has 6 nitrogen and oxygen atoms in total. The fraction of sp³-hybridized carbons (Fsp3) is 0.750. The lowest BCUT2D eigenvalue weighted by atomic mass is 10.0. The third-order valence-electron chi connectivity index (χ3n) is 3.94. The maximum absolute atomic E-state index is 12.0. The molecule has 0 N–H and O–H groups in total. The van der Waals surface area contributed by atoms with E-state index >= 15 is 0 Å². The molecule has 0 aromatic rings. The van der Waals surface area contributed by atoms with Crippen molar-refractivity contribution in [3.63, 3.8) is 0 Å². The van der Waals surface area contributed by atoms with Crippen LogP contribution in [0.25, 0.3) is 0 Å². The van der Waals surface area contributed by atoms with Crippen molar-refractivity contribution in [3.8, 4) is 0 Å². The Balaban J connectivity index is 1.65. The van der Waals surface area contributed by atoms with Gasteiger partial charge in [0.1, 0.15) is 5.92 Å². The van der Waals surface area contributed by atoms with Gasteiger partial charge in [0.2, 0.25) is 11.8 Å². The first-order chi connectivity index (χ1) is 8.66. The molecule has 3 heterocycles. The van der Waals surface area contributed by atoms with Crippen LogP contribution in [0.4, 0.5) is 0 Å². The Labute approximate surface area is 105 Å². The molecule has 0 aromatic carbocycles. The second-order valence-electron chi connectivity index (χ2n) is 5.13. The zero-order valence-electron chi connectivity index (χ0n) is 10.1. The summed E-state index contributed by atoms with van der Waals surface area (Å²) < 4.78 is 0. The molecule has 0 spiro atoms. The highest BCUT2D eigenvalue weighted by Crippen LogP contribution is 2.34.